The van der Waals surface area contributed by atoms with Crippen molar-refractivity contribution in [3.8, 4) is 0 Å². The van der Waals surface area contributed by atoms with Crippen LogP contribution < -0.4 is 9.62 Å². The predicted octanol–water partition coefficient (Wildman–Crippen LogP) is 5.83. The molecule has 1 atom stereocenters. The molecule has 0 spiro atoms. The van der Waals surface area contributed by atoms with Crippen molar-refractivity contribution in [1.29, 1.82) is 0 Å². The molecule has 3 aromatic carbocycles. The molecule has 0 aliphatic carbocycles. The van der Waals surface area contributed by atoms with Crippen LogP contribution in [0, 0.1) is 6.92 Å². The number of rotatable bonds is 9. The van der Waals surface area contributed by atoms with Gasteiger partial charge in [0, 0.05) is 22.1 Å². The number of carbonyl (C=O) groups excluding carboxylic acids is 2. The third-order valence-corrected chi connectivity index (χ3v) is 8.23. The van der Waals surface area contributed by atoms with Crippen molar-refractivity contribution in [2.45, 2.75) is 57.6 Å². The van der Waals surface area contributed by atoms with Crippen LogP contribution in [0.4, 0.5) is 5.69 Å². The van der Waals surface area contributed by atoms with Gasteiger partial charge in [-0.05, 0) is 88.2 Å². The molecule has 0 heterocycles. The van der Waals surface area contributed by atoms with Gasteiger partial charge in [0.15, 0.2) is 0 Å². The molecule has 10 heteroatoms. The van der Waals surface area contributed by atoms with Gasteiger partial charge in [0.2, 0.25) is 11.8 Å². The topological polar surface area (TPSA) is 86.8 Å². The van der Waals surface area contributed by atoms with Gasteiger partial charge in [0.1, 0.15) is 12.6 Å². The molecule has 7 nitrogen and oxygen atoms in total. The second-order valence-corrected chi connectivity index (χ2v) is 13.1. The average Bonchev–Trinajstić information content (AvgIpc) is 2.86. The van der Waals surface area contributed by atoms with E-state index in [-0.39, 0.29) is 17.3 Å². The first-order valence-electron chi connectivity index (χ1n) is 12.4. The van der Waals surface area contributed by atoms with Gasteiger partial charge >= 0.3 is 0 Å². The van der Waals surface area contributed by atoms with E-state index in [0.717, 1.165) is 9.87 Å². The van der Waals surface area contributed by atoms with E-state index < -0.39 is 34.1 Å². The minimum atomic E-state index is -4.15. The fraction of sp³-hybridized carbons (Fsp3) is 0.310. The summed E-state index contributed by atoms with van der Waals surface area (Å²) in [6.45, 7) is 8.44. The molecule has 0 aromatic heterocycles. The molecule has 0 bridgehead atoms. The van der Waals surface area contributed by atoms with Crippen molar-refractivity contribution in [2.24, 2.45) is 0 Å². The Balaban J connectivity index is 2.05. The normalized spacial score (nSPS) is 12.5. The molecule has 208 valence electrons. The lowest BCUT2D eigenvalue weighted by Crippen LogP contribution is -2.54. The first kappa shape index (κ1) is 30.5. The van der Waals surface area contributed by atoms with E-state index in [1.165, 1.54) is 17.0 Å². The third kappa shape index (κ3) is 7.97. The Morgan fingerprint density at radius 2 is 1.51 bits per heavy atom. The fourth-order valence-corrected chi connectivity index (χ4v) is 5.83. The van der Waals surface area contributed by atoms with Crippen LogP contribution in [0.2, 0.25) is 10.0 Å². The highest BCUT2D eigenvalue weighted by molar-refractivity contribution is 7.92. The number of benzene rings is 3. The summed E-state index contributed by atoms with van der Waals surface area (Å²) in [5, 5.41) is 3.88. The second-order valence-electron chi connectivity index (χ2n) is 10.3. The Hall–Kier alpha value is -3.07. The lowest BCUT2D eigenvalue weighted by molar-refractivity contribution is -0.140. The van der Waals surface area contributed by atoms with Crippen molar-refractivity contribution < 1.29 is 18.0 Å². The van der Waals surface area contributed by atoms with E-state index in [2.05, 4.69) is 5.32 Å². The van der Waals surface area contributed by atoms with Crippen LogP contribution in [0.15, 0.2) is 77.7 Å². The molecule has 0 aliphatic rings. The zero-order valence-electron chi connectivity index (χ0n) is 22.6. The first-order valence-corrected chi connectivity index (χ1v) is 14.6. The van der Waals surface area contributed by atoms with Crippen LogP contribution in [-0.4, -0.2) is 43.3 Å². The summed E-state index contributed by atoms with van der Waals surface area (Å²) in [7, 11) is -4.15. The smallest absolute Gasteiger partial charge is 0.264 e. The largest absolute Gasteiger partial charge is 0.350 e. The highest BCUT2D eigenvalue weighted by Gasteiger charge is 2.33. The summed E-state index contributed by atoms with van der Waals surface area (Å²) in [5.74, 6) is -0.902. The standard InChI is InChI=1S/C29H33Cl2N3O4S/c1-20-17-24(31)15-16-26(20)34(39(37,38)25-9-7-6-8-10-25)19-27(35)33(18-22-11-13-23(30)14-12-22)21(2)28(36)32-29(3,4)5/h6-17,21H,18-19H2,1-5H3,(H,32,36). The van der Waals surface area contributed by atoms with Gasteiger partial charge in [0.25, 0.3) is 10.0 Å². The number of anilines is 1. The van der Waals surface area contributed by atoms with Crippen LogP contribution >= 0.6 is 23.2 Å². The molecular formula is C29H33Cl2N3O4S. The summed E-state index contributed by atoms with van der Waals surface area (Å²) < 4.78 is 28.8. The Morgan fingerprint density at radius 1 is 0.923 bits per heavy atom. The molecule has 1 unspecified atom stereocenters. The van der Waals surface area contributed by atoms with Gasteiger partial charge in [-0.1, -0.05) is 53.5 Å². The number of hydrogen-bond donors (Lipinski definition) is 1. The van der Waals surface area contributed by atoms with Crippen molar-refractivity contribution in [1.82, 2.24) is 10.2 Å². The maximum absolute atomic E-state index is 14.0. The molecule has 1 N–H and O–H groups in total. The number of nitrogens with one attached hydrogen (secondary N) is 1. The Labute approximate surface area is 240 Å². The van der Waals surface area contributed by atoms with Crippen molar-refractivity contribution >= 4 is 50.7 Å². The van der Waals surface area contributed by atoms with E-state index >= 15 is 0 Å². The zero-order valence-corrected chi connectivity index (χ0v) is 24.9. The summed E-state index contributed by atoms with van der Waals surface area (Å²) in [4.78, 5) is 28.5. The Bertz CT molecular complexity index is 1420. The van der Waals surface area contributed by atoms with Crippen LogP contribution in [0.25, 0.3) is 0 Å². The molecule has 3 rings (SSSR count). The number of amides is 2. The fourth-order valence-electron chi connectivity index (χ4n) is 3.97. The molecular weight excluding hydrogens is 557 g/mol. The molecule has 2 amide bonds. The van der Waals surface area contributed by atoms with Gasteiger partial charge in [-0.2, -0.15) is 0 Å². The number of sulfonamides is 1. The van der Waals surface area contributed by atoms with Crippen LogP contribution in [0.3, 0.4) is 0 Å². The third-order valence-electron chi connectivity index (χ3n) is 5.97. The predicted molar refractivity (Wildman–Crippen MR) is 157 cm³/mol. The average molecular weight is 591 g/mol. The lowest BCUT2D eigenvalue weighted by Gasteiger charge is -2.33. The van der Waals surface area contributed by atoms with Crippen molar-refractivity contribution in [2.75, 3.05) is 10.8 Å². The monoisotopic (exact) mass is 589 g/mol. The Morgan fingerprint density at radius 3 is 2.08 bits per heavy atom. The highest BCUT2D eigenvalue weighted by Crippen LogP contribution is 2.29. The van der Waals surface area contributed by atoms with Gasteiger partial charge < -0.3 is 10.2 Å². The molecule has 0 fully saturated rings. The summed E-state index contributed by atoms with van der Waals surface area (Å²) in [5.41, 5.74) is 1.11. The number of aryl methyl sites for hydroxylation is 1. The van der Waals surface area contributed by atoms with Crippen molar-refractivity contribution in [3.05, 3.63) is 94.0 Å². The van der Waals surface area contributed by atoms with Gasteiger partial charge in [-0.25, -0.2) is 8.42 Å². The minimum Gasteiger partial charge on any atom is -0.350 e. The van der Waals surface area contributed by atoms with Crippen molar-refractivity contribution in [3.63, 3.8) is 0 Å². The molecule has 0 aliphatic heterocycles. The van der Waals surface area contributed by atoms with Crippen LogP contribution in [0.1, 0.15) is 38.8 Å². The number of carbonyl (C=O) groups is 2. The van der Waals surface area contributed by atoms with Crippen LogP contribution in [-0.2, 0) is 26.2 Å². The van der Waals surface area contributed by atoms with Gasteiger partial charge in [-0.15, -0.1) is 0 Å². The quantitative estimate of drug-likeness (QED) is 0.340. The molecule has 0 saturated carbocycles. The van der Waals surface area contributed by atoms with Gasteiger partial charge in [-0.3, -0.25) is 13.9 Å². The van der Waals surface area contributed by atoms with E-state index in [1.807, 2.05) is 20.8 Å². The summed E-state index contributed by atoms with van der Waals surface area (Å²) in [6, 6.07) is 18.7. The SMILES string of the molecule is Cc1cc(Cl)ccc1N(CC(=O)N(Cc1ccc(Cl)cc1)C(C)C(=O)NC(C)(C)C)S(=O)(=O)c1ccccc1. The maximum atomic E-state index is 14.0. The van der Waals surface area contributed by atoms with E-state index in [0.29, 0.717) is 21.3 Å². The molecule has 3 aromatic rings. The second kappa shape index (κ2) is 12.4. The molecule has 0 saturated heterocycles. The van der Waals surface area contributed by atoms with E-state index in [1.54, 1.807) is 74.5 Å². The summed E-state index contributed by atoms with van der Waals surface area (Å²) in [6.07, 6.45) is 0. The van der Waals surface area contributed by atoms with E-state index in [4.69, 9.17) is 23.2 Å². The van der Waals surface area contributed by atoms with E-state index in [9.17, 15) is 18.0 Å². The summed E-state index contributed by atoms with van der Waals surface area (Å²) >= 11 is 12.2. The minimum absolute atomic E-state index is 0.0370. The maximum Gasteiger partial charge on any atom is 0.264 e. The number of hydrogen-bond acceptors (Lipinski definition) is 4. The van der Waals surface area contributed by atoms with Crippen LogP contribution in [0.5, 0.6) is 0 Å². The number of halogens is 2. The zero-order chi connectivity index (χ0) is 29.0. The molecule has 0 radical (unpaired) electrons. The Kier molecular flexibility index (Phi) is 9.69. The molecule has 39 heavy (non-hydrogen) atoms. The highest BCUT2D eigenvalue weighted by atomic mass is 35.5. The lowest BCUT2D eigenvalue weighted by atomic mass is 10.1. The first-order chi connectivity index (χ1) is 18.2. The number of nitrogens with zero attached hydrogens (tertiary/aromatic N) is 2. The van der Waals surface area contributed by atoms with Gasteiger partial charge in [0.05, 0.1) is 10.6 Å².